The first-order chi connectivity index (χ1) is 9.65. The van der Waals surface area contributed by atoms with E-state index in [1.54, 1.807) is 12.1 Å². The van der Waals surface area contributed by atoms with E-state index in [4.69, 9.17) is 5.11 Å². The molecule has 0 aliphatic rings. The minimum Gasteiger partial charge on any atom is -0.481 e. The van der Waals surface area contributed by atoms with Crippen LogP contribution in [0.25, 0.3) is 21.5 Å². The number of benzene rings is 3. The van der Waals surface area contributed by atoms with E-state index in [1.165, 1.54) is 0 Å². The number of carbonyl (C=O) groups is 2. The number of rotatable bonds is 3. The first-order valence-corrected chi connectivity index (χ1v) is 6.32. The zero-order chi connectivity index (χ0) is 14.1. The maximum atomic E-state index is 12.0. The van der Waals surface area contributed by atoms with Gasteiger partial charge in [-0.05, 0) is 33.7 Å². The van der Waals surface area contributed by atoms with Gasteiger partial charge in [0, 0.05) is 5.56 Å². The van der Waals surface area contributed by atoms with Crippen LogP contribution in [0.3, 0.4) is 0 Å². The zero-order valence-electron chi connectivity index (χ0n) is 10.7. The second-order valence-corrected chi connectivity index (χ2v) is 4.72. The number of fused-ring (bicyclic) bond motifs is 2. The molecule has 20 heavy (non-hydrogen) atoms. The number of hydrogen-bond donors (Lipinski definition) is 1. The Kier molecular flexibility index (Phi) is 2.95. The highest BCUT2D eigenvalue weighted by molar-refractivity contribution is 6.15. The molecule has 0 heterocycles. The first kappa shape index (κ1) is 12.4. The quantitative estimate of drug-likeness (QED) is 0.446. The lowest BCUT2D eigenvalue weighted by Crippen LogP contribution is -2.07. The molecule has 3 heteroatoms. The van der Waals surface area contributed by atoms with Crippen molar-refractivity contribution >= 4 is 33.3 Å². The summed E-state index contributed by atoms with van der Waals surface area (Å²) in [4.78, 5) is 22.7. The van der Waals surface area contributed by atoms with E-state index in [9.17, 15) is 9.59 Å². The summed E-state index contributed by atoms with van der Waals surface area (Å²) in [6.07, 6.45) is -0.480. The lowest BCUT2D eigenvalue weighted by atomic mass is 9.97. The summed E-state index contributed by atoms with van der Waals surface area (Å²) in [5, 5.41) is 12.7. The van der Waals surface area contributed by atoms with Gasteiger partial charge < -0.3 is 5.11 Å². The Morgan fingerprint density at radius 2 is 1.50 bits per heavy atom. The molecule has 0 aromatic heterocycles. The van der Waals surface area contributed by atoms with Crippen molar-refractivity contribution in [3.8, 4) is 0 Å². The second kappa shape index (κ2) is 4.78. The minimum absolute atomic E-state index is 0.363. The molecule has 0 amide bonds. The highest BCUT2D eigenvalue weighted by atomic mass is 16.4. The average molecular weight is 264 g/mol. The molecule has 3 aromatic carbocycles. The summed E-state index contributed by atoms with van der Waals surface area (Å²) in [7, 11) is 0. The fourth-order valence-corrected chi connectivity index (χ4v) is 2.44. The monoisotopic (exact) mass is 264 g/mol. The molecule has 3 rings (SSSR count). The predicted molar refractivity (Wildman–Crippen MR) is 78.0 cm³/mol. The van der Waals surface area contributed by atoms with Crippen molar-refractivity contribution in [1.82, 2.24) is 0 Å². The van der Waals surface area contributed by atoms with Crippen LogP contribution in [0.1, 0.15) is 16.8 Å². The van der Waals surface area contributed by atoms with Gasteiger partial charge in [0.15, 0.2) is 5.78 Å². The van der Waals surface area contributed by atoms with Gasteiger partial charge in [0.25, 0.3) is 0 Å². The van der Waals surface area contributed by atoms with Crippen molar-refractivity contribution in [2.75, 3.05) is 0 Å². The maximum Gasteiger partial charge on any atom is 0.311 e. The van der Waals surface area contributed by atoms with Gasteiger partial charge in [-0.15, -0.1) is 0 Å². The molecule has 0 saturated carbocycles. The largest absolute Gasteiger partial charge is 0.481 e. The fourth-order valence-electron chi connectivity index (χ4n) is 2.44. The van der Waals surface area contributed by atoms with Crippen molar-refractivity contribution < 1.29 is 14.7 Å². The highest BCUT2D eigenvalue weighted by Gasteiger charge is 2.13. The first-order valence-electron chi connectivity index (χ1n) is 6.32. The van der Waals surface area contributed by atoms with E-state index in [0.29, 0.717) is 5.56 Å². The Morgan fingerprint density at radius 3 is 2.20 bits per heavy atom. The lowest BCUT2D eigenvalue weighted by molar-refractivity contribution is -0.135. The molecular formula is C17H12O3. The van der Waals surface area contributed by atoms with Gasteiger partial charge in [-0.25, -0.2) is 0 Å². The molecule has 0 unspecified atom stereocenters. The second-order valence-electron chi connectivity index (χ2n) is 4.72. The zero-order valence-corrected chi connectivity index (χ0v) is 10.7. The summed E-state index contributed by atoms with van der Waals surface area (Å²) < 4.78 is 0. The van der Waals surface area contributed by atoms with E-state index in [2.05, 4.69) is 0 Å². The van der Waals surface area contributed by atoms with Crippen LogP contribution in [0.2, 0.25) is 0 Å². The molecule has 3 nitrogen and oxygen atoms in total. The maximum absolute atomic E-state index is 12.0. The van der Waals surface area contributed by atoms with Crippen LogP contribution in [0.4, 0.5) is 0 Å². The number of carboxylic acid groups (broad SMARTS) is 1. The molecule has 0 aliphatic carbocycles. The number of ketones is 1. The summed E-state index contributed by atoms with van der Waals surface area (Å²) in [6.45, 7) is 0. The van der Waals surface area contributed by atoms with Crippen LogP contribution < -0.4 is 0 Å². The Hall–Kier alpha value is -2.68. The highest BCUT2D eigenvalue weighted by Crippen LogP contribution is 2.26. The number of hydrogen-bond acceptors (Lipinski definition) is 2. The summed E-state index contributed by atoms with van der Waals surface area (Å²) in [6, 6.07) is 17.3. The van der Waals surface area contributed by atoms with E-state index in [1.807, 2.05) is 42.5 Å². The molecule has 0 fully saturated rings. The van der Waals surface area contributed by atoms with E-state index in [0.717, 1.165) is 21.5 Å². The third kappa shape index (κ3) is 2.14. The molecule has 1 N–H and O–H groups in total. The van der Waals surface area contributed by atoms with Crippen LogP contribution in [0.5, 0.6) is 0 Å². The molecule has 3 aromatic rings. The SMILES string of the molecule is O=C(O)CC(=O)c1cccc2cc3ccccc3cc12. The van der Waals surface area contributed by atoms with Crippen molar-refractivity contribution in [3.05, 3.63) is 60.2 Å². The lowest BCUT2D eigenvalue weighted by Gasteiger charge is -2.07. The topological polar surface area (TPSA) is 54.4 Å². The predicted octanol–water partition coefficient (Wildman–Crippen LogP) is 3.65. The van der Waals surface area contributed by atoms with Crippen LogP contribution in [-0.4, -0.2) is 16.9 Å². The molecule has 0 saturated heterocycles. The molecule has 0 aliphatic heterocycles. The van der Waals surface area contributed by atoms with Gasteiger partial charge in [0.2, 0.25) is 0 Å². The van der Waals surface area contributed by atoms with Gasteiger partial charge in [-0.2, -0.15) is 0 Å². The third-order valence-corrected chi connectivity index (χ3v) is 3.36. The van der Waals surface area contributed by atoms with Gasteiger partial charge in [0.1, 0.15) is 6.42 Å². The van der Waals surface area contributed by atoms with E-state index < -0.39 is 12.4 Å². The van der Waals surface area contributed by atoms with Crippen molar-refractivity contribution in [1.29, 1.82) is 0 Å². The van der Waals surface area contributed by atoms with Crippen LogP contribution in [0, 0.1) is 0 Å². The number of aliphatic carboxylic acids is 1. The average Bonchev–Trinajstić information content (AvgIpc) is 2.43. The number of Topliss-reactive ketones (excluding diaryl/α,β-unsaturated/α-hetero) is 1. The van der Waals surface area contributed by atoms with Crippen molar-refractivity contribution in [2.45, 2.75) is 6.42 Å². The smallest absolute Gasteiger partial charge is 0.311 e. The number of carboxylic acids is 1. The summed E-state index contributed by atoms with van der Waals surface area (Å²) >= 11 is 0. The van der Waals surface area contributed by atoms with Crippen LogP contribution in [0.15, 0.2) is 54.6 Å². The standard InChI is InChI=1S/C17H12O3/c18-16(10-17(19)20)14-7-3-6-13-8-11-4-1-2-5-12(11)9-15(13)14/h1-9H,10H2,(H,19,20). The van der Waals surface area contributed by atoms with Crippen molar-refractivity contribution in [3.63, 3.8) is 0 Å². The summed E-state index contributed by atoms with van der Waals surface area (Å²) in [5.41, 5.74) is 0.468. The van der Waals surface area contributed by atoms with Gasteiger partial charge in [-0.1, -0.05) is 42.5 Å². The molecule has 0 bridgehead atoms. The molecule has 0 atom stereocenters. The van der Waals surface area contributed by atoms with E-state index >= 15 is 0 Å². The normalized spacial score (nSPS) is 10.8. The van der Waals surface area contributed by atoms with Crippen molar-refractivity contribution in [2.24, 2.45) is 0 Å². The Balaban J connectivity index is 2.25. The van der Waals surface area contributed by atoms with Crippen LogP contribution >= 0.6 is 0 Å². The molecule has 0 radical (unpaired) electrons. The minimum atomic E-state index is -1.10. The van der Waals surface area contributed by atoms with Crippen LogP contribution in [-0.2, 0) is 4.79 Å². The van der Waals surface area contributed by atoms with E-state index in [-0.39, 0.29) is 5.78 Å². The third-order valence-electron chi connectivity index (χ3n) is 3.36. The van der Waals surface area contributed by atoms with Gasteiger partial charge in [0.05, 0.1) is 0 Å². The van der Waals surface area contributed by atoms with Gasteiger partial charge in [-0.3, -0.25) is 9.59 Å². The Morgan fingerprint density at radius 1 is 0.850 bits per heavy atom. The molecule has 98 valence electrons. The number of carbonyl (C=O) groups excluding carboxylic acids is 1. The van der Waals surface area contributed by atoms with Gasteiger partial charge >= 0.3 is 5.97 Å². The fraction of sp³-hybridized carbons (Fsp3) is 0.0588. The Labute approximate surface area is 115 Å². The molecular weight excluding hydrogens is 252 g/mol. The summed E-state index contributed by atoms with van der Waals surface area (Å²) in [5.74, 6) is -1.47. The molecule has 0 spiro atoms. The Bertz CT molecular complexity index is 834.